The third-order valence-corrected chi connectivity index (χ3v) is 5.78. The fourth-order valence-corrected chi connectivity index (χ4v) is 4.04. The predicted octanol–water partition coefficient (Wildman–Crippen LogP) is 2.89. The number of hydrogen-bond acceptors (Lipinski definition) is 6. The number of hydrogen-bond donors (Lipinski definition) is 2. The van der Waals surface area contributed by atoms with Crippen molar-refractivity contribution in [1.29, 1.82) is 5.26 Å². The van der Waals surface area contributed by atoms with E-state index in [2.05, 4.69) is 39.9 Å². The summed E-state index contributed by atoms with van der Waals surface area (Å²) in [5.41, 5.74) is 6.05. The average Bonchev–Trinajstić information content (AvgIpc) is 3.05. The molecule has 1 amide bonds. The molecule has 0 saturated carbocycles. The standard InChI is InChI=1S/C22H22N4O2S/c23-12-18(26-22(27)20-13-24-8-1-9-28-20)10-15-2-4-16(5-3-15)17-6-7-21-19(11-17)25-14-29-21/h2-7,11,14,18,20,24H,1,8-10,13H2,(H,26,27)/t18-,20?/m0/s1. The van der Waals surface area contributed by atoms with Crippen LogP contribution in [-0.2, 0) is 16.0 Å². The minimum absolute atomic E-state index is 0.237. The van der Waals surface area contributed by atoms with Crippen molar-refractivity contribution in [2.45, 2.75) is 25.0 Å². The maximum absolute atomic E-state index is 12.4. The third kappa shape index (κ3) is 4.80. The summed E-state index contributed by atoms with van der Waals surface area (Å²) in [5, 5.41) is 15.5. The number of benzene rings is 2. The minimum atomic E-state index is -0.591. The Kier molecular flexibility index (Phi) is 6.15. The molecule has 1 fully saturated rings. The number of nitrogens with one attached hydrogen (secondary N) is 2. The molecule has 2 heterocycles. The fraction of sp³-hybridized carbons (Fsp3) is 0.318. The van der Waals surface area contributed by atoms with E-state index in [9.17, 15) is 10.1 Å². The van der Waals surface area contributed by atoms with Gasteiger partial charge in [0.05, 0.1) is 21.8 Å². The third-order valence-electron chi connectivity index (χ3n) is 4.97. The number of ether oxygens (including phenoxy) is 1. The molecule has 7 heteroatoms. The van der Waals surface area contributed by atoms with Crippen LogP contribution in [0.5, 0.6) is 0 Å². The van der Waals surface area contributed by atoms with Gasteiger partial charge >= 0.3 is 0 Å². The lowest BCUT2D eigenvalue weighted by atomic mass is 10.0. The van der Waals surface area contributed by atoms with Crippen LogP contribution in [0.2, 0.25) is 0 Å². The van der Waals surface area contributed by atoms with Crippen molar-refractivity contribution in [3.05, 3.63) is 53.5 Å². The van der Waals surface area contributed by atoms with Gasteiger partial charge in [-0.05, 0) is 41.8 Å². The summed E-state index contributed by atoms with van der Waals surface area (Å²) in [7, 11) is 0. The van der Waals surface area contributed by atoms with Gasteiger partial charge in [-0.1, -0.05) is 30.3 Å². The quantitative estimate of drug-likeness (QED) is 0.680. The molecule has 29 heavy (non-hydrogen) atoms. The first kappa shape index (κ1) is 19.5. The maximum Gasteiger partial charge on any atom is 0.251 e. The number of nitriles is 1. The van der Waals surface area contributed by atoms with Gasteiger partial charge in [-0.25, -0.2) is 4.98 Å². The molecule has 148 valence electrons. The van der Waals surface area contributed by atoms with Crippen molar-refractivity contribution in [3.63, 3.8) is 0 Å². The molecule has 1 aliphatic rings. The smallest absolute Gasteiger partial charge is 0.251 e. The van der Waals surface area contributed by atoms with Crippen molar-refractivity contribution < 1.29 is 9.53 Å². The highest BCUT2D eigenvalue weighted by Crippen LogP contribution is 2.26. The number of carbonyl (C=O) groups excluding carboxylic acids is 1. The molecule has 0 bridgehead atoms. The van der Waals surface area contributed by atoms with Gasteiger partial charge in [0.1, 0.15) is 12.1 Å². The summed E-state index contributed by atoms with van der Waals surface area (Å²) in [6, 6.07) is 15.9. The Labute approximate surface area is 173 Å². The molecule has 0 aliphatic carbocycles. The van der Waals surface area contributed by atoms with Crippen molar-refractivity contribution in [2.24, 2.45) is 0 Å². The second-order valence-electron chi connectivity index (χ2n) is 7.04. The van der Waals surface area contributed by atoms with E-state index in [1.54, 1.807) is 11.3 Å². The van der Waals surface area contributed by atoms with E-state index in [0.717, 1.165) is 35.2 Å². The van der Waals surface area contributed by atoms with Crippen LogP contribution in [-0.4, -0.2) is 42.7 Å². The summed E-state index contributed by atoms with van der Waals surface area (Å²) in [5.74, 6) is -0.237. The number of nitrogens with zero attached hydrogens (tertiary/aromatic N) is 2. The Morgan fingerprint density at radius 3 is 2.97 bits per heavy atom. The highest BCUT2D eigenvalue weighted by Gasteiger charge is 2.23. The van der Waals surface area contributed by atoms with Crippen LogP contribution < -0.4 is 10.6 Å². The summed E-state index contributed by atoms with van der Waals surface area (Å²) in [6.07, 6.45) is 0.789. The zero-order chi connectivity index (χ0) is 20.1. The number of carbonyl (C=O) groups is 1. The van der Waals surface area contributed by atoms with E-state index in [4.69, 9.17) is 4.74 Å². The molecule has 2 aromatic carbocycles. The molecule has 4 rings (SSSR count). The van der Waals surface area contributed by atoms with Crippen molar-refractivity contribution in [2.75, 3.05) is 19.7 Å². The first-order valence-electron chi connectivity index (χ1n) is 9.68. The van der Waals surface area contributed by atoms with E-state index in [1.807, 2.05) is 29.8 Å². The van der Waals surface area contributed by atoms with Gasteiger partial charge in [0.25, 0.3) is 5.91 Å². The van der Waals surface area contributed by atoms with Gasteiger partial charge in [-0.2, -0.15) is 5.26 Å². The van der Waals surface area contributed by atoms with Gasteiger partial charge in [-0.3, -0.25) is 4.79 Å². The predicted molar refractivity (Wildman–Crippen MR) is 114 cm³/mol. The maximum atomic E-state index is 12.4. The van der Waals surface area contributed by atoms with Crippen LogP contribution in [0.15, 0.2) is 48.0 Å². The summed E-state index contributed by atoms with van der Waals surface area (Å²) in [4.78, 5) is 16.8. The molecule has 1 aromatic heterocycles. The van der Waals surface area contributed by atoms with Crippen molar-refractivity contribution in [1.82, 2.24) is 15.6 Å². The van der Waals surface area contributed by atoms with Gasteiger partial charge in [-0.15, -0.1) is 11.3 Å². The van der Waals surface area contributed by atoms with E-state index in [-0.39, 0.29) is 5.91 Å². The Morgan fingerprint density at radius 1 is 1.31 bits per heavy atom. The van der Waals surface area contributed by atoms with Gasteiger partial charge in [0, 0.05) is 19.6 Å². The first-order valence-corrected chi connectivity index (χ1v) is 10.6. The summed E-state index contributed by atoms with van der Waals surface area (Å²) in [6.45, 7) is 1.87. The molecular formula is C22H22N4O2S. The lowest BCUT2D eigenvalue weighted by Crippen LogP contribution is -2.46. The summed E-state index contributed by atoms with van der Waals surface area (Å²) >= 11 is 1.63. The molecular weight excluding hydrogens is 384 g/mol. The molecule has 2 N–H and O–H groups in total. The minimum Gasteiger partial charge on any atom is -0.367 e. The number of rotatable bonds is 5. The fourth-order valence-electron chi connectivity index (χ4n) is 3.38. The average molecular weight is 407 g/mol. The van der Waals surface area contributed by atoms with Crippen LogP contribution in [0, 0.1) is 11.3 Å². The Bertz CT molecular complexity index is 1020. The van der Waals surface area contributed by atoms with Crippen LogP contribution in [0.3, 0.4) is 0 Å². The number of amides is 1. The molecule has 0 spiro atoms. The van der Waals surface area contributed by atoms with E-state index >= 15 is 0 Å². The molecule has 0 radical (unpaired) electrons. The SMILES string of the molecule is N#C[C@H](Cc1ccc(-c2ccc3scnc3c2)cc1)NC(=O)C1CNCCCO1. The van der Waals surface area contributed by atoms with Gasteiger partial charge in [0.2, 0.25) is 0 Å². The van der Waals surface area contributed by atoms with Gasteiger partial charge < -0.3 is 15.4 Å². The molecule has 1 aliphatic heterocycles. The zero-order valence-electron chi connectivity index (χ0n) is 15.9. The lowest BCUT2D eigenvalue weighted by molar-refractivity contribution is -0.132. The van der Waals surface area contributed by atoms with Crippen LogP contribution >= 0.6 is 11.3 Å². The second kappa shape index (κ2) is 9.14. The normalized spacial score (nSPS) is 18.0. The topological polar surface area (TPSA) is 87.0 Å². The molecule has 3 aromatic rings. The number of aromatic nitrogens is 1. The monoisotopic (exact) mass is 406 g/mol. The van der Waals surface area contributed by atoms with Crippen LogP contribution in [0.1, 0.15) is 12.0 Å². The molecule has 1 saturated heterocycles. The van der Waals surface area contributed by atoms with E-state index in [1.165, 1.54) is 4.70 Å². The van der Waals surface area contributed by atoms with Crippen LogP contribution in [0.25, 0.3) is 21.3 Å². The second-order valence-corrected chi connectivity index (χ2v) is 7.93. The van der Waals surface area contributed by atoms with E-state index in [0.29, 0.717) is 19.6 Å². The Hall–Kier alpha value is -2.79. The molecule has 6 nitrogen and oxygen atoms in total. The highest BCUT2D eigenvalue weighted by molar-refractivity contribution is 7.16. The zero-order valence-corrected chi connectivity index (χ0v) is 16.7. The Morgan fingerprint density at radius 2 is 2.14 bits per heavy atom. The largest absolute Gasteiger partial charge is 0.367 e. The van der Waals surface area contributed by atoms with Crippen molar-refractivity contribution >= 4 is 27.5 Å². The number of thiazole rings is 1. The van der Waals surface area contributed by atoms with E-state index < -0.39 is 12.1 Å². The van der Waals surface area contributed by atoms with Crippen molar-refractivity contribution in [3.8, 4) is 17.2 Å². The van der Waals surface area contributed by atoms with Gasteiger partial charge in [0.15, 0.2) is 0 Å². The first-order chi connectivity index (χ1) is 14.2. The molecule has 1 unspecified atom stereocenters. The highest BCUT2D eigenvalue weighted by atomic mass is 32.1. The van der Waals surface area contributed by atoms with Crippen LogP contribution in [0.4, 0.5) is 0 Å². The summed E-state index contributed by atoms with van der Waals surface area (Å²) < 4.78 is 6.73. The lowest BCUT2D eigenvalue weighted by Gasteiger charge is -2.18. The number of fused-ring (bicyclic) bond motifs is 1. The Balaban J connectivity index is 1.40. The molecule has 2 atom stereocenters.